The van der Waals surface area contributed by atoms with Crippen molar-refractivity contribution in [2.45, 2.75) is 6.43 Å². The van der Waals surface area contributed by atoms with Crippen molar-refractivity contribution in [2.24, 2.45) is 0 Å². The molecule has 0 heterocycles. The van der Waals surface area contributed by atoms with Gasteiger partial charge in [0.05, 0.1) is 11.6 Å². The number of carboxylic acid groups (broad SMARTS) is 1. The van der Waals surface area contributed by atoms with Gasteiger partial charge in [0, 0.05) is 5.56 Å². The number of halogens is 3. The number of hydrogen-bond donors (Lipinski definition) is 1. The fourth-order valence-corrected chi connectivity index (χ4v) is 1.09. The average molecular weight is 215 g/mol. The van der Waals surface area contributed by atoms with E-state index in [1.54, 1.807) is 0 Å². The number of rotatable bonds is 2. The van der Waals surface area contributed by atoms with Gasteiger partial charge in [0.2, 0.25) is 0 Å². The second-order valence-corrected chi connectivity index (χ2v) is 2.64. The Bertz CT molecular complexity index is 451. The van der Waals surface area contributed by atoms with Crippen molar-refractivity contribution in [2.75, 3.05) is 0 Å². The van der Waals surface area contributed by atoms with Crippen LogP contribution in [-0.4, -0.2) is 11.1 Å². The Hall–Kier alpha value is -2.03. The highest BCUT2D eigenvalue weighted by molar-refractivity contribution is 5.90. The van der Waals surface area contributed by atoms with Gasteiger partial charge in [0.15, 0.2) is 0 Å². The number of carbonyl (C=O) groups is 1. The number of nitrogens with zero attached hydrogens (tertiary/aromatic N) is 1. The molecule has 15 heavy (non-hydrogen) atoms. The van der Waals surface area contributed by atoms with Crippen LogP contribution in [0.4, 0.5) is 13.2 Å². The van der Waals surface area contributed by atoms with Gasteiger partial charge in [-0.15, -0.1) is 0 Å². The molecule has 1 aromatic carbocycles. The van der Waals surface area contributed by atoms with Crippen LogP contribution in [0.3, 0.4) is 0 Å². The lowest BCUT2D eigenvalue weighted by Crippen LogP contribution is -2.07. The zero-order valence-electron chi connectivity index (χ0n) is 7.17. The molecule has 0 spiro atoms. The second-order valence-electron chi connectivity index (χ2n) is 2.64. The lowest BCUT2D eigenvalue weighted by molar-refractivity contribution is 0.0678. The van der Waals surface area contributed by atoms with E-state index in [1.165, 1.54) is 6.07 Å². The number of aromatic carboxylic acids is 1. The van der Waals surface area contributed by atoms with Gasteiger partial charge in [-0.1, -0.05) is 0 Å². The third-order valence-electron chi connectivity index (χ3n) is 1.70. The average Bonchev–Trinajstić information content (AvgIpc) is 2.15. The van der Waals surface area contributed by atoms with Crippen molar-refractivity contribution in [3.63, 3.8) is 0 Å². The summed E-state index contributed by atoms with van der Waals surface area (Å²) in [7, 11) is 0. The molecule has 0 aliphatic heterocycles. The van der Waals surface area contributed by atoms with E-state index in [1.807, 2.05) is 0 Å². The lowest BCUT2D eigenvalue weighted by atomic mass is 10.0. The van der Waals surface area contributed by atoms with Gasteiger partial charge in [-0.2, -0.15) is 5.26 Å². The first kappa shape index (κ1) is 11.0. The normalized spacial score (nSPS) is 10.1. The Morgan fingerprint density at radius 1 is 1.47 bits per heavy atom. The first-order chi connectivity index (χ1) is 6.97. The van der Waals surface area contributed by atoms with Crippen molar-refractivity contribution in [3.8, 4) is 6.07 Å². The summed E-state index contributed by atoms with van der Waals surface area (Å²) in [4.78, 5) is 10.5. The quantitative estimate of drug-likeness (QED) is 0.823. The molecule has 0 aliphatic carbocycles. The highest BCUT2D eigenvalue weighted by Gasteiger charge is 2.23. The molecule has 1 aromatic rings. The summed E-state index contributed by atoms with van der Waals surface area (Å²) in [6, 6.07) is 2.73. The van der Waals surface area contributed by atoms with Crippen LogP contribution in [0, 0.1) is 17.1 Å². The van der Waals surface area contributed by atoms with E-state index in [-0.39, 0.29) is 5.56 Å². The van der Waals surface area contributed by atoms with E-state index in [0.717, 1.165) is 0 Å². The third kappa shape index (κ3) is 2.07. The first-order valence-corrected chi connectivity index (χ1v) is 3.72. The highest BCUT2D eigenvalue weighted by atomic mass is 19.3. The zero-order chi connectivity index (χ0) is 11.6. The fraction of sp³-hybridized carbons (Fsp3) is 0.111. The summed E-state index contributed by atoms with van der Waals surface area (Å²) in [5.41, 5.74) is -2.42. The van der Waals surface area contributed by atoms with E-state index in [0.29, 0.717) is 12.1 Å². The maximum absolute atomic E-state index is 13.0. The zero-order valence-corrected chi connectivity index (χ0v) is 7.17. The van der Waals surface area contributed by atoms with Crippen LogP contribution < -0.4 is 0 Å². The summed E-state index contributed by atoms with van der Waals surface area (Å²) < 4.78 is 37.7. The summed E-state index contributed by atoms with van der Waals surface area (Å²) in [6.45, 7) is 0. The summed E-state index contributed by atoms with van der Waals surface area (Å²) in [5.74, 6) is -3.12. The number of hydrogen-bond acceptors (Lipinski definition) is 2. The molecule has 0 saturated heterocycles. The Morgan fingerprint density at radius 3 is 2.47 bits per heavy atom. The van der Waals surface area contributed by atoms with E-state index < -0.39 is 29.3 Å². The van der Waals surface area contributed by atoms with E-state index in [9.17, 15) is 18.0 Å². The Balaban J connectivity index is 3.51. The van der Waals surface area contributed by atoms with Gasteiger partial charge in [-0.3, -0.25) is 0 Å². The van der Waals surface area contributed by atoms with Crippen LogP contribution in [0.25, 0.3) is 0 Å². The minimum absolute atomic E-state index is 0.340. The molecule has 0 aromatic heterocycles. The summed E-state index contributed by atoms with van der Waals surface area (Å²) in [5, 5.41) is 16.9. The van der Waals surface area contributed by atoms with Crippen LogP contribution in [0.2, 0.25) is 0 Å². The fourth-order valence-electron chi connectivity index (χ4n) is 1.09. The van der Waals surface area contributed by atoms with Gasteiger partial charge < -0.3 is 5.11 Å². The van der Waals surface area contributed by atoms with Gasteiger partial charge in [0.1, 0.15) is 11.4 Å². The van der Waals surface area contributed by atoms with Crippen LogP contribution in [0.15, 0.2) is 12.1 Å². The predicted molar refractivity (Wildman–Crippen MR) is 43.0 cm³/mol. The van der Waals surface area contributed by atoms with Gasteiger partial charge in [-0.25, -0.2) is 18.0 Å². The van der Waals surface area contributed by atoms with E-state index in [4.69, 9.17) is 10.4 Å². The Morgan fingerprint density at radius 2 is 2.07 bits per heavy atom. The molecule has 0 atom stereocenters. The van der Waals surface area contributed by atoms with Gasteiger partial charge in [0.25, 0.3) is 6.43 Å². The number of nitriles is 1. The van der Waals surface area contributed by atoms with Crippen molar-refractivity contribution in [3.05, 3.63) is 34.6 Å². The molecule has 6 heteroatoms. The number of carboxylic acids is 1. The number of alkyl halides is 2. The monoisotopic (exact) mass is 215 g/mol. The van der Waals surface area contributed by atoms with Crippen molar-refractivity contribution in [1.82, 2.24) is 0 Å². The van der Waals surface area contributed by atoms with Crippen LogP contribution >= 0.6 is 0 Å². The maximum atomic E-state index is 13.0. The van der Waals surface area contributed by atoms with Crippen LogP contribution in [-0.2, 0) is 0 Å². The standard InChI is InChI=1S/C9H4F3NO2/c10-6-2-4(3-13)1-5(8(11)12)7(6)9(14)15/h1-2,8H,(H,14,15). The van der Waals surface area contributed by atoms with Gasteiger partial charge >= 0.3 is 5.97 Å². The van der Waals surface area contributed by atoms with Crippen molar-refractivity contribution >= 4 is 5.97 Å². The summed E-state index contributed by atoms with van der Waals surface area (Å²) >= 11 is 0. The van der Waals surface area contributed by atoms with Gasteiger partial charge in [-0.05, 0) is 12.1 Å². The Kier molecular flexibility index (Phi) is 2.95. The smallest absolute Gasteiger partial charge is 0.339 e. The lowest BCUT2D eigenvalue weighted by Gasteiger charge is -2.06. The molecule has 0 saturated carbocycles. The van der Waals surface area contributed by atoms with Crippen molar-refractivity contribution in [1.29, 1.82) is 5.26 Å². The minimum Gasteiger partial charge on any atom is -0.478 e. The molecular weight excluding hydrogens is 211 g/mol. The molecule has 3 nitrogen and oxygen atoms in total. The maximum Gasteiger partial charge on any atom is 0.339 e. The molecule has 0 unspecified atom stereocenters. The molecule has 0 amide bonds. The predicted octanol–water partition coefficient (Wildman–Crippen LogP) is 2.33. The first-order valence-electron chi connectivity index (χ1n) is 3.72. The molecule has 0 aliphatic rings. The number of benzene rings is 1. The molecule has 0 bridgehead atoms. The van der Waals surface area contributed by atoms with Crippen LogP contribution in [0.5, 0.6) is 0 Å². The van der Waals surface area contributed by atoms with E-state index in [2.05, 4.69) is 0 Å². The third-order valence-corrected chi connectivity index (χ3v) is 1.70. The summed E-state index contributed by atoms with van der Waals surface area (Å²) in [6.07, 6.45) is -3.14. The van der Waals surface area contributed by atoms with Crippen molar-refractivity contribution < 1.29 is 23.1 Å². The highest BCUT2D eigenvalue weighted by Crippen LogP contribution is 2.26. The van der Waals surface area contributed by atoms with E-state index >= 15 is 0 Å². The molecule has 1 rings (SSSR count). The topological polar surface area (TPSA) is 61.1 Å². The minimum atomic E-state index is -3.14. The molecular formula is C9H4F3NO2. The molecule has 1 N–H and O–H groups in total. The molecule has 0 radical (unpaired) electrons. The van der Waals surface area contributed by atoms with Crippen LogP contribution in [0.1, 0.15) is 27.9 Å². The second kappa shape index (κ2) is 4.00. The molecule has 78 valence electrons. The Labute approximate surface area is 82.4 Å². The largest absolute Gasteiger partial charge is 0.478 e. The SMILES string of the molecule is N#Cc1cc(F)c(C(=O)O)c(C(F)F)c1. The molecule has 0 fully saturated rings.